The first-order chi connectivity index (χ1) is 5.27. The largest absolute Gasteiger partial charge is 0.474 e. The summed E-state index contributed by atoms with van der Waals surface area (Å²) in [4.78, 5) is 4.42. The van der Waals surface area contributed by atoms with Crippen LogP contribution in [0.2, 0.25) is 0 Å². The lowest BCUT2D eigenvalue weighted by atomic mass is 10.2. The Labute approximate surface area is 66.6 Å². The summed E-state index contributed by atoms with van der Waals surface area (Å²) in [5, 5.41) is 0. The molecule has 0 amide bonds. The van der Waals surface area contributed by atoms with Gasteiger partial charge in [0.1, 0.15) is 6.10 Å². The van der Waals surface area contributed by atoms with Crippen LogP contribution >= 0.6 is 0 Å². The van der Waals surface area contributed by atoms with Gasteiger partial charge < -0.3 is 10.5 Å². The molecule has 11 heavy (non-hydrogen) atoms. The molecule has 0 saturated heterocycles. The lowest BCUT2D eigenvalue weighted by Crippen LogP contribution is -2.28. The van der Waals surface area contributed by atoms with Gasteiger partial charge in [0.25, 0.3) is 0 Å². The molecule has 1 saturated carbocycles. The fraction of sp³-hybridized carbons (Fsp3) is 0.875. The number of fused-ring (bicyclic) bond motifs is 1. The second-order valence-corrected chi connectivity index (χ2v) is 3.41. The first-order valence-electron chi connectivity index (χ1n) is 4.27. The Morgan fingerprint density at radius 3 is 3.09 bits per heavy atom. The maximum atomic E-state index is 5.65. The van der Waals surface area contributed by atoms with Gasteiger partial charge in [-0.2, -0.15) is 0 Å². The van der Waals surface area contributed by atoms with E-state index in [1.807, 2.05) is 6.92 Å². The summed E-state index contributed by atoms with van der Waals surface area (Å²) in [6.07, 6.45) is 3.95. The maximum Gasteiger partial charge on any atom is 0.201 e. The highest BCUT2D eigenvalue weighted by molar-refractivity contribution is 5.83. The first-order valence-corrected chi connectivity index (χ1v) is 4.27. The van der Waals surface area contributed by atoms with Crippen molar-refractivity contribution in [3.63, 3.8) is 0 Å². The molecule has 1 aliphatic carbocycles. The Balaban J connectivity index is 2.07. The van der Waals surface area contributed by atoms with Crippen molar-refractivity contribution in [1.29, 1.82) is 0 Å². The molecule has 2 aliphatic rings. The van der Waals surface area contributed by atoms with E-state index in [1.54, 1.807) is 0 Å². The number of hydrogen-bond acceptors (Lipinski definition) is 3. The standard InChI is InChI=1S/C8H14N2O/c1-5(9)8-10-6-3-2-4-7(6)11-8/h5-7H,2-4,9H2,1H3/t5-,6?,7?/m0/s1. The predicted octanol–water partition coefficient (Wildman–Crippen LogP) is 0.683. The van der Waals surface area contributed by atoms with Gasteiger partial charge in [0, 0.05) is 0 Å². The predicted molar refractivity (Wildman–Crippen MR) is 43.6 cm³/mol. The molecule has 3 nitrogen and oxygen atoms in total. The molecule has 2 N–H and O–H groups in total. The van der Waals surface area contributed by atoms with Gasteiger partial charge in [-0.1, -0.05) is 0 Å². The van der Waals surface area contributed by atoms with Crippen LogP contribution in [0.15, 0.2) is 4.99 Å². The third kappa shape index (κ3) is 1.13. The second kappa shape index (κ2) is 2.48. The highest BCUT2D eigenvalue weighted by Gasteiger charge is 2.35. The van der Waals surface area contributed by atoms with E-state index in [2.05, 4.69) is 4.99 Å². The van der Waals surface area contributed by atoms with Crippen molar-refractivity contribution in [2.45, 2.75) is 44.4 Å². The lowest BCUT2D eigenvalue weighted by molar-refractivity contribution is 0.204. The number of nitrogens with zero attached hydrogens (tertiary/aromatic N) is 1. The fourth-order valence-electron chi connectivity index (χ4n) is 1.77. The SMILES string of the molecule is C[C@H](N)C1=NC2CCCC2O1. The Morgan fingerprint density at radius 2 is 2.45 bits per heavy atom. The molecule has 0 radical (unpaired) electrons. The van der Waals surface area contributed by atoms with E-state index in [1.165, 1.54) is 12.8 Å². The lowest BCUT2D eigenvalue weighted by Gasteiger charge is -2.09. The van der Waals surface area contributed by atoms with Gasteiger partial charge >= 0.3 is 0 Å². The van der Waals surface area contributed by atoms with Gasteiger partial charge in [0.05, 0.1) is 12.1 Å². The minimum absolute atomic E-state index is 0.0272. The Hall–Kier alpha value is -0.570. The highest BCUT2D eigenvalue weighted by atomic mass is 16.5. The van der Waals surface area contributed by atoms with Crippen molar-refractivity contribution in [3.05, 3.63) is 0 Å². The van der Waals surface area contributed by atoms with Crippen molar-refractivity contribution in [1.82, 2.24) is 0 Å². The Morgan fingerprint density at radius 1 is 1.64 bits per heavy atom. The van der Waals surface area contributed by atoms with Crippen LogP contribution in [0.3, 0.4) is 0 Å². The third-order valence-corrected chi connectivity index (χ3v) is 2.37. The molecule has 0 aromatic carbocycles. The van der Waals surface area contributed by atoms with E-state index in [4.69, 9.17) is 10.5 Å². The molecule has 0 aromatic heterocycles. The number of ether oxygens (including phenoxy) is 1. The molecule has 2 unspecified atom stereocenters. The van der Waals surface area contributed by atoms with Gasteiger partial charge in [0.15, 0.2) is 0 Å². The van der Waals surface area contributed by atoms with E-state index in [9.17, 15) is 0 Å². The van der Waals surface area contributed by atoms with Crippen LogP contribution in [-0.2, 0) is 4.74 Å². The highest BCUT2D eigenvalue weighted by Crippen LogP contribution is 2.29. The fourth-order valence-corrected chi connectivity index (χ4v) is 1.77. The monoisotopic (exact) mass is 154 g/mol. The average molecular weight is 154 g/mol. The number of aliphatic imine (C=N–C) groups is 1. The molecule has 1 heterocycles. The number of rotatable bonds is 1. The zero-order valence-electron chi connectivity index (χ0n) is 6.79. The van der Waals surface area contributed by atoms with Crippen LogP contribution in [0.1, 0.15) is 26.2 Å². The topological polar surface area (TPSA) is 47.6 Å². The van der Waals surface area contributed by atoms with Crippen LogP contribution < -0.4 is 5.73 Å². The molecule has 0 spiro atoms. The summed E-state index contributed by atoms with van der Waals surface area (Å²) < 4.78 is 5.57. The third-order valence-electron chi connectivity index (χ3n) is 2.37. The molecule has 2 rings (SSSR count). The molecule has 1 fully saturated rings. The molecular formula is C8H14N2O. The Kier molecular flexibility index (Phi) is 1.60. The van der Waals surface area contributed by atoms with E-state index in [0.29, 0.717) is 12.1 Å². The van der Waals surface area contributed by atoms with Crippen LogP contribution in [0.5, 0.6) is 0 Å². The summed E-state index contributed by atoms with van der Waals surface area (Å²) in [5.74, 6) is 0.764. The Bertz CT molecular complexity index is 189. The quantitative estimate of drug-likeness (QED) is 0.604. The van der Waals surface area contributed by atoms with Crippen LogP contribution in [-0.4, -0.2) is 24.1 Å². The van der Waals surface area contributed by atoms with E-state index in [-0.39, 0.29) is 6.04 Å². The van der Waals surface area contributed by atoms with E-state index in [0.717, 1.165) is 12.3 Å². The summed E-state index contributed by atoms with van der Waals surface area (Å²) in [6.45, 7) is 1.92. The van der Waals surface area contributed by atoms with Crippen LogP contribution in [0, 0.1) is 0 Å². The molecule has 3 heteroatoms. The zero-order valence-corrected chi connectivity index (χ0v) is 6.79. The van der Waals surface area contributed by atoms with E-state index < -0.39 is 0 Å². The summed E-state index contributed by atoms with van der Waals surface area (Å²) >= 11 is 0. The van der Waals surface area contributed by atoms with Crippen molar-refractivity contribution in [2.24, 2.45) is 10.7 Å². The van der Waals surface area contributed by atoms with Crippen LogP contribution in [0.4, 0.5) is 0 Å². The molecule has 0 aromatic rings. The van der Waals surface area contributed by atoms with Gasteiger partial charge in [-0.3, -0.25) is 0 Å². The summed E-state index contributed by atoms with van der Waals surface area (Å²) in [5.41, 5.74) is 5.65. The minimum atomic E-state index is -0.0272. The number of nitrogens with two attached hydrogens (primary N) is 1. The first kappa shape index (κ1) is 7.10. The summed E-state index contributed by atoms with van der Waals surface area (Å²) in [6, 6.07) is 0.400. The van der Waals surface area contributed by atoms with Crippen molar-refractivity contribution in [3.8, 4) is 0 Å². The van der Waals surface area contributed by atoms with E-state index >= 15 is 0 Å². The van der Waals surface area contributed by atoms with Gasteiger partial charge in [0.2, 0.25) is 5.90 Å². The summed E-state index contributed by atoms with van der Waals surface area (Å²) in [7, 11) is 0. The van der Waals surface area contributed by atoms with Crippen molar-refractivity contribution < 1.29 is 4.74 Å². The van der Waals surface area contributed by atoms with Gasteiger partial charge in [-0.25, -0.2) is 4.99 Å². The van der Waals surface area contributed by atoms with Gasteiger partial charge in [-0.15, -0.1) is 0 Å². The molecule has 1 aliphatic heterocycles. The minimum Gasteiger partial charge on any atom is -0.474 e. The van der Waals surface area contributed by atoms with Crippen molar-refractivity contribution in [2.75, 3.05) is 0 Å². The van der Waals surface area contributed by atoms with Crippen LogP contribution in [0.25, 0.3) is 0 Å². The molecule has 0 bridgehead atoms. The maximum absolute atomic E-state index is 5.65. The average Bonchev–Trinajstić information content (AvgIpc) is 2.40. The molecule has 62 valence electrons. The smallest absolute Gasteiger partial charge is 0.201 e. The molecule has 3 atom stereocenters. The normalized spacial score (nSPS) is 37.8. The second-order valence-electron chi connectivity index (χ2n) is 3.41. The molecular weight excluding hydrogens is 140 g/mol. The van der Waals surface area contributed by atoms with Gasteiger partial charge in [-0.05, 0) is 26.2 Å². The van der Waals surface area contributed by atoms with Crippen molar-refractivity contribution >= 4 is 5.90 Å². The zero-order chi connectivity index (χ0) is 7.84. The number of hydrogen-bond donors (Lipinski definition) is 1.